The summed E-state index contributed by atoms with van der Waals surface area (Å²) in [6.07, 6.45) is 5.42. The predicted molar refractivity (Wildman–Crippen MR) is 81.5 cm³/mol. The van der Waals surface area contributed by atoms with Gasteiger partial charge in [-0.1, -0.05) is 6.92 Å². The standard InChI is InChI=1S/C15H23N3S/c1-4-15-17-13(11-19-15)10-16-12(2)7-8-14-6-5-9-18(14)3/h5-6,9,11-12,16H,4,7-8,10H2,1-3H3. The van der Waals surface area contributed by atoms with E-state index in [9.17, 15) is 0 Å². The first kappa shape index (κ1) is 14.3. The van der Waals surface area contributed by atoms with Crippen molar-refractivity contribution < 1.29 is 0 Å². The van der Waals surface area contributed by atoms with Crippen LogP contribution in [0.5, 0.6) is 0 Å². The number of rotatable bonds is 7. The molecule has 2 aromatic heterocycles. The van der Waals surface area contributed by atoms with Crippen LogP contribution in [0.25, 0.3) is 0 Å². The number of nitrogens with zero attached hydrogens (tertiary/aromatic N) is 2. The van der Waals surface area contributed by atoms with Gasteiger partial charge in [0, 0.05) is 36.9 Å². The summed E-state index contributed by atoms with van der Waals surface area (Å²) in [7, 11) is 2.11. The molecule has 0 fully saturated rings. The first-order valence-electron chi connectivity index (χ1n) is 6.96. The van der Waals surface area contributed by atoms with Crippen LogP contribution in [0.15, 0.2) is 23.7 Å². The Bertz CT molecular complexity index is 501. The first-order chi connectivity index (χ1) is 9.19. The van der Waals surface area contributed by atoms with Crippen molar-refractivity contribution in [2.75, 3.05) is 0 Å². The molecule has 0 aromatic carbocycles. The Balaban J connectivity index is 1.72. The zero-order valence-electron chi connectivity index (χ0n) is 12.0. The number of aryl methyl sites for hydroxylation is 3. The van der Waals surface area contributed by atoms with Gasteiger partial charge >= 0.3 is 0 Å². The van der Waals surface area contributed by atoms with E-state index < -0.39 is 0 Å². The van der Waals surface area contributed by atoms with Crippen molar-refractivity contribution >= 4 is 11.3 Å². The molecule has 0 aliphatic carbocycles. The Morgan fingerprint density at radius 1 is 1.47 bits per heavy atom. The molecule has 1 atom stereocenters. The number of aromatic nitrogens is 2. The molecular weight excluding hydrogens is 254 g/mol. The van der Waals surface area contributed by atoms with Gasteiger partial charge in [-0.05, 0) is 38.3 Å². The summed E-state index contributed by atoms with van der Waals surface area (Å²) < 4.78 is 2.20. The van der Waals surface area contributed by atoms with E-state index in [4.69, 9.17) is 0 Å². The predicted octanol–water partition coefficient (Wildman–Crippen LogP) is 3.15. The van der Waals surface area contributed by atoms with E-state index in [1.165, 1.54) is 16.4 Å². The molecule has 0 saturated carbocycles. The molecule has 19 heavy (non-hydrogen) atoms. The fourth-order valence-corrected chi connectivity index (χ4v) is 2.84. The maximum absolute atomic E-state index is 4.58. The topological polar surface area (TPSA) is 29.9 Å². The Hall–Kier alpha value is -1.13. The molecule has 0 saturated heterocycles. The fourth-order valence-electron chi connectivity index (χ4n) is 2.09. The summed E-state index contributed by atoms with van der Waals surface area (Å²) >= 11 is 1.76. The largest absolute Gasteiger partial charge is 0.354 e. The van der Waals surface area contributed by atoms with E-state index in [1.54, 1.807) is 11.3 Å². The summed E-state index contributed by atoms with van der Waals surface area (Å²) in [4.78, 5) is 4.58. The third-order valence-corrected chi connectivity index (χ3v) is 4.46. The Morgan fingerprint density at radius 3 is 2.95 bits per heavy atom. The van der Waals surface area contributed by atoms with Crippen LogP contribution in [-0.2, 0) is 26.4 Å². The van der Waals surface area contributed by atoms with Crippen molar-refractivity contribution in [3.8, 4) is 0 Å². The molecule has 0 radical (unpaired) electrons. The van der Waals surface area contributed by atoms with Gasteiger partial charge < -0.3 is 9.88 Å². The zero-order valence-corrected chi connectivity index (χ0v) is 12.8. The molecule has 1 unspecified atom stereocenters. The molecule has 2 aromatic rings. The molecule has 104 valence electrons. The number of hydrogen-bond acceptors (Lipinski definition) is 3. The normalized spacial score (nSPS) is 12.8. The highest BCUT2D eigenvalue weighted by Crippen LogP contribution is 2.11. The van der Waals surface area contributed by atoms with Gasteiger partial charge in [0.1, 0.15) is 0 Å². The van der Waals surface area contributed by atoms with E-state index >= 15 is 0 Å². The lowest BCUT2D eigenvalue weighted by Crippen LogP contribution is -2.26. The highest BCUT2D eigenvalue weighted by Gasteiger charge is 2.06. The van der Waals surface area contributed by atoms with Crippen molar-refractivity contribution in [1.29, 1.82) is 0 Å². The Kier molecular flexibility index (Phi) is 5.16. The number of hydrogen-bond donors (Lipinski definition) is 1. The second kappa shape index (κ2) is 6.87. The average Bonchev–Trinajstić information content (AvgIpc) is 3.02. The SMILES string of the molecule is CCc1nc(CNC(C)CCc2cccn2C)cs1. The van der Waals surface area contributed by atoms with Gasteiger partial charge in [-0.25, -0.2) is 4.98 Å². The van der Waals surface area contributed by atoms with Crippen LogP contribution in [-0.4, -0.2) is 15.6 Å². The molecule has 0 aliphatic rings. The molecule has 0 spiro atoms. The molecule has 0 aliphatic heterocycles. The minimum absolute atomic E-state index is 0.515. The zero-order chi connectivity index (χ0) is 13.7. The van der Waals surface area contributed by atoms with E-state index in [-0.39, 0.29) is 0 Å². The van der Waals surface area contributed by atoms with Gasteiger partial charge in [-0.3, -0.25) is 0 Å². The first-order valence-corrected chi connectivity index (χ1v) is 7.84. The Labute approximate surface area is 119 Å². The smallest absolute Gasteiger partial charge is 0.0926 e. The van der Waals surface area contributed by atoms with Crippen LogP contribution in [0.4, 0.5) is 0 Å². The van der Waals surface area contributed by atoms with E-state index in [0.29, 0.717) is 6.04 Å². The van der Waals surface area contributed by atoms with E-state index in [2.05, 4.69) is 59.5 Å². The lowest BCUT2D eigenvalue weighted by molar-refractivity contribution is 0.505. The molecule has 3 nitrogen and oxygen atoms in total. The summed E-state index contributed by atoms with van der Waals surface area (Å²) in [6, 6.07) is 4.82. The van der Waals surface area contributed by atoms with Gasteiger partial charge in [0.15, 0.2) is 0 Å². The minimum atomic E-state index is 0.515. The second-order valence-electron chi connectivity index (χ2n) is 5.02. The number of thiazole rings is 1. The molecule has 1 N–H and O–H groups in total. The summed E-state index contributed by atoms with van der Waals surface area (Å²) in [5.74, 6) is 0. The summed E-state index contributed by atoms with van der Waals surface area (Å²) in [5.41, 5.74) is 2.57. The van der Waals surface area contributed by atoms with E-state index in [0.717, 1.165) is 25.8 Å². The van der Waals surface area contributed by atoms with Gasteiger partial charge in [0.2, 0.25) is 0 Å². The lowest BCUT2D eigenvalue weighted by Gasteiger charge is -2.13. The van der Waals surface area contributed by atoms with Crippen molar-refractivity contribution in [1.82, 2.24) is 14.9 Å². The minimum Gasteiger partial charge on any atom is -0.354 e. The fraction of sp³-hybridized carbons (Fsp3) is 0.533. The quantitative estimate of drug-likeness (QED) is 0.842. The summed E-state index contributed by atoms with van der Waals surface area (Å²) in [6.45, 7) is 5.28. The van der Waals surface area contributed by atoms with Crippen LogP contribution >= 0.6 is 11.3 Å². The molecule has 0 amide bonds. The molecular formula is C15H23N3S. The third kappa shape index (κ3) is 4.18. The van der Waals surface area contributed by atoms with Crippen LogP contribution in [0.2, 0.25) is 0 Å². The van der Waals surface area contributed by atoms with Crippen molar-refractivity contribution in [3.63, 3.8) is 0 Å². The van der Waals surface area contributed by atoms with Crippen LogP contribution in [0.3, 0.4) is 0 Å². The van der Waals surface area contributed by atoms with Crippen molar-refractivity contribution in [3.05, 3.63) is 40.1 Å². The highest BCUT2D eigenvalue weighted by atomic mass is 32.1. The van der Waals surface area contributed by atoms with Crippen molar-refractivity contribution in [2.45, 2.75) is 45.7 Å². The molecule has 2 heterocycles. The van der Waals surface area contributed by atoms with Gasteiger partial charge in [-0.15, -0.1) is 11.3 Å². The monoisotopic (exact) mass is 277 g/mol. The third-order valence-electron chi connectivity index (χ3n) is 3.42. The second-order valence-corrected chi connectivity index (χ2v) is 5.96. The number of nitrogens with one attached hydrogen (secondary N) is 1. The van der Waals surface area contributed by atoms with Crippen LogP contribution < -0.4 is 5.32 Å². The van der Waals surface area contributed by atoms with Crippen LogP contribution in [0.1, 0.15) is 36.7 Å². The van der Waals surface area contributed by atoms with E-state index in [1.807, 2.05) is 0 Å². The lowest BCUT2D eigenvalue weighted by atomic mass is 10.1. The Morgan fingerprint density at radius 2 is 2.32 bits per heavy atom. The maximum Gasteiger partial charge on any atom is 0.0926 e. The average molecular weight is 277 g/mol. The van der Waals surface area contributed by atoms with Gasteiger partial charge in [0.25, 0.3) is 0 Å². The maximum atomic E-state index is 4.58. The molecule has 4 heteroatoms. The van der Waals surface area contributed by atoms with Crippen molar-refractivity contribution in [2.24, 2.45) is 7.05 Å². The molecule has 0 bridgehead atoms. The highest BCUT2D eigenvalue weighted by molar-refractivity contribution is 7.09. The molecule has 2 rings (SSSR count). The summed E-state index contributed by atoms with van der Waals surface area (Å²) in [5, 5.41) is 6.95. The van der Waals surface area contributed by atoms with Gasteiger partial charge in [-0.2, -0.15) is 0 Å². The van der Waals surface area contributed by atoms with Crippen LogP contribution in [0, 0.1) is 0 Å². The van der Waals surface area contributed by atoms with Gasteiger partial charge in [0.05, 0.1) is 10.7 Å².